The average molecular weight is 366 g/mol. The van der Waals surface area contributed by atoms with Gasteiger partial charge in [0.2, 0.25) is 0 Å². The highest BCUT2D eigenvalue weighted by molar-refractivity contribution is 9.10. The molecule has 0 aliphatic heterocycles. The Morgan fingerprint density at radius 1 is 1.18 bits per heavy atom. The van der Waals surface area contributed by atoms with E-state index < -0.39 is 5.82 Å². The summed E-state index contributed by atoms with van der Waals surface area (Å²) in [5.74, 6) is -0.671. The number of anilines is 1. The summed E-state index contributed by atoms with van der Waals surface area (Å²) < 4.78 is 14.4. The van der Waals surface area contributed by atoms with Crippen LogP contribution in [0.25, 0.3) is 0 Å². The van der Waals surface area contributed by atoms with Crippen molar-refractivity contribution < 1.29 is 14.5 Å². The minimum absolute atomic E-state index is 0.150. The maximum Gasteiger partial charge on any atom is 0.282 e. The SMILES string of the molecule is C[C@H]([NH2+][C@H](C)C(=O)Nc1ccc(Br)cc1F)c1ccccc1. The Balaban J connectivity index is 1.97. The zero-order valence-electron chi connectivity index (χ0n) is 12.5. The van der Waals surface area contributed by atoms with E-state index >= 15 is 0 Å². The molecule has 2 aromatic rings. The van der Waals surface area contributed by atoms with E-state index in [-0.39, 0.29) is 23.7 Å². The normalized spacial score (nSPS) is 13.5. The van der Waals surface area contributed by atoms with Crippen molar-refractivity contribution in [3.8, 4) is 0 Å². The summed E-state index contributed by atoms with van der Waals surface area (Å²) in [6.07, 6.45) is 0. The Kier molecular flexibility index (Phi) is 5.69. The largest absolute Gasteiger partial charge is 0.330 e. The summed E-state index contributed by atoms with van der Waals surface area (Å²) in [6.45, 7) is 3.85. The summed E-state index contributed by atoms with van der Waals surface area (Å²) in [5.41, 5.74) is 1.35. The monoisotopic (exact) mass is 365 g/mol. The van der Waals surface area contributed by atoms with Crippen molar-refractivity contribution in [1.29, 1.82) is 0 Å². The third-order valence-corrected chi connectivity index (χ3v) is 4.00. The number of quaternary nitrogens is 1. The van der Waals surface area contributed by atoms with E-state index in [1.807, 2.05) is 49.5 Å². The molecule has 3 N–H and O–H groups in total. The Morgan fingerprint density at radius 2 is 1.86 bits per heavy atom. The molecular formula is C17H19BrFN2O+. The lowest BCUT2D eigenvalue weighted by Gasteiger charge is -2.17. The van der Waals surface area contributed by atoms with Crippen molar-refractivity contribution in [3.05, 3.63) is 64.4 Å². The van der Waals surface area contributed by atoms with Gasteiger partial charge in [0.1, 0.15) is 11.9 Å². The molecule has 0 saturated carbocycles. The highest BCUT2D eigenvalue weighted by Crippen LogP contribution is 2.19. The lowest BCUT2D eigenvalue weighted by atomic mass is 10.1. The van der Waals surface area contributed by atoms with Crippen LogP contribution in [0.4, 0.5) is 10.1 Å². The van der Waals surface area contributed by atoms with Gasteiger partial charge < -0.3 is 10.6 Å². The van der Waals surface area contributed by atoms with Crippen LogP contribution in [0.2, 0.25) is 0 Å². The molecule has 0 aromatic heterocycles. The first-order chi connectivity index (χ1) is 10.5. The number of hydrogen-bond donors (Lipinski definition) is 2. The van der Waals surface area contributed by atoms with Crippen molar-refractivity contribution in [2.24, 2.45) is 0 Å². The Labute approximate surface area is 138 Å². The Morgan fingerprint density at radius 3 is 2.50 bits per heavy atom. The van der Waals surface area contributed by atoms with Crippen molar-refractivity contribution in [3.63, 3.8) is 0 Å². The van der Waals surface area contributed by atoms with Crippen LogP contribution in [-0.2, 0) is 4.79 Å². The van der Waals surface area contributed by atoms with E-state index in [1.54, 1.807) is 12.1 Å². The number of amides is 1. The second-order valence-electron chi connectivity index (χ2n) is 5.29. The van der Waals surface area contributed by atoms with E-state index in [0.717, 1.165) is 5.56 Å². The number of nitrogens with two attached hydrogens (primary N) is 1. The molecule has 0 aliphatic carbocycles. The standard InChI is InChI=1S/C17H18BrFN2O/c1-11(13-6-4-3-5-7-13)20-12(2)17(22)21-16-9-8-14(18)10-15(16)19/h3-12,20H,1-2H3,(H,21,22)/p+1/t11-,12+/m0/s1. The summed E-state index contributed by atoms with van der Waals surface area (Å²) >= 11 is 3.19. The van der Waals surface area contributed by atoms with E-state index in [9.17, 15) is 9.18 Å². The number of hydrogen-bond acceptors (Lipinski definition) is 1. The van der Waals surface area contributed by atoms with Gasteiger partial charge in [0.15, 0.2) is 6.04 Å². The van der Waals surface area contributed by atoms with Gasteiger partial charge >= 0.3 is 0 Å². The lowest BCUT2D eigenvalue weighted by molar-refractivity contribution is -0.709. The van der Waals surface area contributed by atoms with E-state index in [2.05, 4.69) is 21.2 Å². The molecular weight excluding hydrogens is 347 g/mol. The number of halogens is 2. The highest BCUT2D eigenvalue weighted by atomic mass is 79.9. The molecule has 116 valence electrons. The van der Waals surface area contributed by atoms with Gasteiger partial charge in [0, 0.05) is 10.0 Å². The van der Waals surface area contributed by atoms with Crippen molar-refractivity contribution in [2.75, 3.05) is 5.32 Å². The van der Waals surface area contributed by atoms with Gasteiger partial charge in [-0.2, -0.15) is 0 Å². The molecule has 22 heavy (non-hydrogen) atoms. The molecule has 0 spiro atoms. The fourth-order valence-electron chi connectivity index (χ4n) is 2.23. The summed E-state index contributed by atoms with van der Waals surface area (Å²) in [6, 6.07) is 14.4. The molecule has 0 aliphatic rings. The fourth-order valence-corrected chi connectivity index (χ4v) is 2.56. The smallest absolute Gasteiger partial charge is 0.282 e. The van der Waals surface area contributed by atoms with Gasteiger partial charge in [0.05, 0.1) is 5.69 Å². The van der Waals surface area contributed by atoms with Crippen LogP contribution in [0.5, 0.6) is 0 Å². The average Bonchev–Trinajstić information content (AvgIpc) is 2.50. The third kappa shape index (κ3) is 4.39. The van der Waals surface area contributed by atoms with E-state index in [4.69, 9.17) is 0 Å². The third-order valence-electron chi connectivity index (χ3n) is 3.51. The number of carbonyl (C=O) groups excluding carboxylic acids is 1. The van der Waals surface area contributed by atoms with Crippen LogP contribution >= 0.6 is 15.9 Å². The molecule has 0 fully saturated rings. The molecule has 0 bridgehead atoms. The van der Waals surface area contributed by atoms with Crippen LogP contribution in [0, 0.1) is 5.82 Å². The highest BCUT2D eigenvalue weighted by Gasteiger charge is 2.21. The lowest BCUT2D eigenvalue weighted by Crippen LogP contribution is -2.91. The van der Waals surface area contributed by atoms with Gasteiger partial charge in [-0.3, -0.25) is 4.79 Å². The van der Waals surface area contributed by atoms with Crippen LogP contribution in [0.3, 0.4) is 0 Å². The molecule has 3 nitrogen and oxygen atoms in total. The van der Waals surface area contributed by atoms with Crippen LogP contribution in [0.1, 0.15) is 25.5 Å². The van der Waals surface area contributed by atoms with Crippen LogP contribution in [0.15, 0.2) is 53.0 Å². The van der Waals surface area contributed by atoms with E-state index in [0.29, 0.717) is 4.47 Å². The van der Waals surface area contributed by atoms with Crippen molar-refractivity contribution in [1.82, 2.24) is 0 Å². The Bertz CT molecular complexity index is 648. The molecule has 0 heterocycles. The number of rotatable bonds is 5. The molecule has 0 unspecified atom stereocenters. The molecule has 0 saturated heterocycles. The Hall–Kier alpha value is -1.72. The molecule has 0 radical (unpaired) electrons. The maximum atomic E-state index is 13.7. The molecule has 5 heteroatoms. The topological polar surface area (TPSA) is 45.7 Å². The fraction of sp³-hybridized carbons (Fsp3) is 0.235. The van der Waals surface area contributed by atoms with Gasteiger partial charge in [-0.05, 0) is 32.0 Å². The summed E-state index contributed by atoms with van der Waals surface area (Å²) in [4.78, 5) is 12.2. The zero-order valence-corrected chi connectivity index (χ0v) is 14.1. The predicted molar refractivity (Wildman–Crippen MR) is 89.0 cm³/mol. The molecule has 2 atom stereocenters. The van der Waals surface area contributed by atoms with E-state index in [1.165, 1.54) is 6.07 Å². The quantitative estimate of drug-likeness (QED) is 0.839. The second-order valence-corrected chi connectivity index (χ2v) is 6.21. The van der Waals surface area contributed by atoms with Crippen LogP contribution in [-0.4, -0.2) is 11.9 Å². The number of benzene rings is 2. The minimum atomic E-state index is -0.453. The van der Waals surface area contributed by atoms with Gasteiger partial charge in [0.25, 0.3) is 5.91 Å². The zero-order chi connectivity index (χ0) is 16.1. The van der Waals surface area contributed by atoms with Crippen molar-refractivity contribution in [2.45, 2.75) is 25.9 Å². The first-order valence-corrected chi connectivity index (χ1v) is 7.92. The predicted octanol–water partition coefficient (Wildman–Crippen LogP) is 3.24. The van der Waals surface area contributed by atoms with Crippen molar-refractivity contribution >= 4 is 27.5 Å². The van der Waals surface area contributed by atoms with Gasteiger partial charge in [-0.25, -0.2) is 4.39 Å². The van der Waals surface area contributed by atoms with Crippen LogP contribution < -0.4 is 10.6 Å². The summed E-state index contributed by atoms with van der Waals surface area (Å²) in [5, 5.41) is 4.59. The minimum Gasteiger partial charge on any atom is -0.330 e. The molecule has 2 aromatic carbocycles. The second kappa shape index (κ2) is 7.51. The number of nitrogens with one attached hydrogen (secondary N) is 1. The molecule has 2 rings (SSSR count). The first kappa shape index (κ1) is 16.6. The maximum absolute atomic E-state index is 13.7. The summed E-state index contributed by atoms with van der Waals surface area (Å²) in [7, 11) is 0. The van der Waals surface area contributed by atoms with Gasteiger partial charge in [-0.15, -0.1) is 0 Å². The first-order valence-electron chi connectivity index (χ1n) is 7.13. The molecule has 1 amide bonds. The number of carbonyl (C=O) groups is 1. The van der Waals surface area contributed by atoms with Gasteiger partial charge in [-0.1, -0.05) is 46.3 Å².